The van der Waals surface area contributed by atoms with E-state index in [1.807, 2.05) is 13.1 Å². The Hall–Kier alpha value is -0.930. The highest BCUT2D eigenvalue weighted by Gasteiger charge is 2.14. The molecule has 0 aliphatic heterocycles. The van der Waals surface area contributed by atoms with Crippen LogP contribution in [0.5, 0.6) is 0 Å². The van der Waals surface area contributed by atoms with Crippen LogP contribution < -0.4 is 5.32 Å². The van der Waals surface area contributed by atoms with E-state index in [0.29, 0.717) is 6.04 Å². The van der Waals surface area contributed by atoms with Crippen LogP contribution >= 0.6 is 0 Å². The SMILES string of the molecule is CCC(C)N(CC)CCC(NC)c1cccc(F)c1. The Bertz CT molecular complexity index is 368. The summed E-state index contributed by atoms with van der Waals surface area (Å²) >= 11 is 0. The van der Waals surface area contributed by atoms with Crippen molar-refractivity contribution in [2.75, 3.05) is 20.1 Å². The van der Waals surface area contributed by atoms with Crippen molar-refractivity contribution in [1.29, 1.82) is 0 Å². The number of nitrogens with zero attached hydrogens (tertiary/aromatic N) is 1. The Morgan fingerprint density at radius 2 is 2.05 bits per heavy atom. The minimum atomic E-state index is -0.160. The summed E-state index contributed by atoms with van der Waals surface area (Å²) in [6, 6.07) is 7.71. The minimum absolute atomic E-state index is 0.160. The molecule has 2 nitrogen and oxygen atoms in total. The van der Waals surface area contributed by atoms with Gasteiger partial charge in [-0.25, -0.2) is 4.39 Å². The molecule has 2 unspecified atom stereocenters. The van der Waals surface area contributed by atoms with E-state index < -0.39 is 0 Å². The molecule has 0 heterocycles. The van der Waals surface area contributed by atoms with E-state index in [1.54, 1.807) is 12.1 Å². The zero-order valence-electron chi connectivity index (χ0n) is 12.6. The molecule has 0 amide bonds. The fraction of sp³-hybridized carbons (Fsp3) is 0.625. The van der Waals surface area contributed by atoms with Gasteiger partial charge in [-0.2, -0.15) is 0 Å². The largest absolute Gasteiger partial charge is 0.313 e. The van der Waals surface area contributed by atoms with Gasteiger partial charge in [-0.1, -0.05) is 26.0 Å². The van der Waals surface area contributed by atoms with E-state index >= 15 is 0 Å². The molecule has 0 saturated carbocycles. The highest BCUT2D eigenvalue weighted by molar-refractivity contribution is 5.20. The lowest BCUT2D eigenvalue weighted by Crippen LogP contribution is -2.35. The lowest BCUT2D eigenvalue weighted by molar-refractivity contribution is 0.204. The Labute approximate surface area is 117 Å². The van der Waals surface area contributed by atoms with Gasteiger partial charge < -0.3 is 10.2 Å². The zero-order valence-corrected chi connectivity index (χ0v) is 12.6. The molecule has 2 atom stereocenters. The maximum atomic E-state index is 13.3. The smallest absolute Gasteiger partial charge is 0.123 e. The maximum absolute atomic E-state index is 13.3. The molecule has 0 fully saturated rings. The number of hydrogen-bond donors (Lipinski definition) is 1. The van der Waals surface area contributed by atoms with Gasteiger partial charge >= 0.3 is 0 Å². The van der Waals surface area contributed by atoms with Crippen LogP contribution in [-0.2, 0) is 0 Å². The second kappa shape index (κ2) is 8.28. The van der Waals surface area contributed by atoms with Gasteiger partial charge in [0.2, 0.25) is 0 Å². The molecule has 1 N–H and O–H groups in total. The average Bonchev–Trinajstić information content (AvgIpc) is 2.43. The highest BCUT2D eigenvalue weighted by atomic mass is 19.1. The van der Waals surface area contributed by atoms with E-state index in [1.165, 1.54) is 6.07 Å². The first kappa shape index (κ1) is 16.1. The van der Waals surface area contributed by atoms with Crippen molar-refractivity contribution in [3.05, 3.63) is 35.6 Å². The predicted octanol–water partition coefficient (Wildman–Crippen LogP) is 3.60. The van der Waals surface area contributed by atoms with Crippen LogP contribution in [0, 0.1) is 5.82 Å². The van der Waals surface area contributed by atoms with Crippen molar-refractivity contribution >= 4 is 0 Å². The van der Waals surface area contributed by atoms with Crippen molar-refractivity contribution < 1.29 is 4.39 Å². The number of halogens is 1. The van der Waals surface area contributed by atoms with E-state index in [9.17, 15) is 4.39 Å². The first-order chi connectivity index (χ1) is 9.12. The third-order valence-corrected chi connectivity index (χ3v) is 3.92. The van der Waals surface area contributed by atoms with Crippen LogP contribution in [-0.4, -0.2) is 31.1 Å². The van der Waals surface area contributed by atoms with Gasteiger partial charge in [0.1, 0.15) is 5.82 Å². The van der Waals surface area contributed by atoms with Crippen molar-refractivity contribution in [2.45, 2.75) is 45.7 Å². The van der Waals surface area contributed by atoms with E-state index in [-0.39, 0.29) is 11.9 Å². The second-order valence-electron chi connectivity index (χ2n) is 5.07. The first-order valence-corrected chi connectivity index (χ1v) is 7.29. The molecule has 0 bridgehead atoms. The van der Waals surface area contributed by atoms with Gasteiger partial charge in [0.15, 0.2) is 0 Å². The number of benzene rings is 1. The molecule has 0 saturated heterocycles. The zero-order chi connectivity index (χ0) is 14.3. The van der Waals surface area contributed by atoms with Gasteiger partial charge in [-0.3, -0.25) is 0 Å². The Morgan fingerprint density at radius 3 is 2.58 bits per heavy atom. The summed E-state index contributed by atoms with van der Waals surface area (Å²) in [6.45, 7) is 8.78. The van der Waals surface area contributed by atoms with Gasteiger partial charge in [0.05, 0.1) is 0 Å². The Kier molecular flexibility index (Phi) is 7.03. The maximum Gasteiger partial charge on any atom is 0.123 e. The van der Waals surface area contributed by atoms with Gasteiger partial charge in [-0.05, 0) is 51.1 Å². The van der Waals surface area contributed by atoms with Crippen molar-refractivity contribution in [1.82, 2.24) is 10.2 Å². The third-order valence-electron chi connectivity index (χ3n) is 3.92. The highest BCUT2D eigenvalue weighted by Crippen LogP contribution is 2.18. The summed E-state index contributed by atoms with van der Waals surface area (Å²) in [7, 11) is 1.94. The van der Waals surface area contributed by atoms with Crippen molar-refractivity contribution in [3.63, 3.8) is 0 Å². The van der Waals surface area contributed by atoms with Crippen LogP contribution in [0.4, 0.5) is 4.39 Å². The summed E-state index contributed by atoms with van der Waals surface area (Å²) in [5, 5.41) is 3.29. The molecule has 0 aliphatic carbocycles. The number of nitrogens with one attached hydrogen (secondary N) is 1. The van der Waals surface area contributed by atoms with E-state index in [2.05, 4.69) is 31.0 Å². The van der Waals surface area contributed by atoms with Crippen LogP contribution in [0.3, 0.4) is 0 Å². The minimum Gasteiger partial charge on any atom is -0.313 e. The summed E-state index contributed by atoms with van der Waals surface area (Å²) < 4.78 is 13.3. The molecule has 1 rings (SSSR count). The average molecular weight is 266 g/mol. The molecule has 0 spiro atoms. The van der Waals surface area contributed by atoms with Gasteiger partial charge in [0.25, 0.3) is 0 Å². The van der Waals surface area contributed by atoms with Crippen LogP contribution in [0.25, 0.3) is 0 Å². The fourth-order valence-electron chi connectivity index (χ4n) is 2.44. The van der Waals surface area contributed by atoms with Crippen LogP contribution in [0.15, 0.2) is 24.3 Å². The van der Waals surface area contributed by atoms with Crippen molar-refractivity contribution in [3.8, 4) is 0 Å². The lowest BCUT2D eigenvalue weighted by Gasteiger charge is -2.29. The van der Waals surface area contributed by atoms with E-state index in [0.717, 1.165) is 31.5 Å². The molecule has 3 heteroatoms. The van der Waals surface area contributed by atoms with Crippen LogP contribution in [0.1, 0.15) is 45.2 Å². The molecule has 108 valence electrons. The Balaban J connectivity index is 2.62. The molecule has 1 aromatic rings. The first-order valence-electron chi connectivity index (χ1n) is 7.29. The molecular formula is C16H27FN2. The predicted molar refractivity (Wildman–Crippen MR) is 79.8 cm³/mol. The summed E-state index contributed by atoms with van der Waals surface area (Å²) in [6.07, 6.45) is 2.16. The molecular weight excluding hydrogens is 239 g/mol. The second-order valence-corrected chi connectivity index (χ2v) is 5.07. The number of hydrogen-bond acceptors (Lipinski definition) is 2. The molecule has 0 aromatic heterocycles. The molecule has 1 aromatic carbocycles. The fourth-order valence-corrected chi connectivity index (χ4v) is 2.44. The van der Waals surface area contributed by atoms with Crippen molar-refractivity contribution in [2.24, 2.45) is 0 Å². The summed E-state index contributed by atoms with van der Waals surface area (Å²) in [5.41, 5.74) is 1.03. The monoisotopic (exact) mass is 266 g/mol. The van der Waals surface area contributed by atoms with E-state index in [4.69, 9.17) is 0 Å². The van der Waals surface area contributed by atoms with Gasteiger partial charge in [-0.15, -0.1) is 0 Å². The standard InChI is InChI=1S/C16H27FN2/c1-5-13(3)19(6-2)11-10-16(18-4)14-8-7-9-15(17)12-14/h7-9,12-13,16,18H,5-6,10-11H2,1-4H3. The third kappa shape index (κ3) is 4.92. The van der Waals surface area contributed by atoms with Crippen LogP contribution in [0.2, 0.25) is 0 Å². The normalized spacial score (nSPS) is 14.6. The number of rotatable bonds is 8. The Morgan fingerprint density at radius 1 is 1.32 bits per heavy atom. The molecule has 19 heavy (non-hydrogen) atoms. The quantitative estimate of drug-likeness (QED) is 0.773. The lowest BCUT2D eigenvalue weighted by atomic mass is 10.0. The van der Waals surface area contributed by atoms with Gasteiger partial charge in [0, 0.05) is 18.6 Å². The topological polar surface area (TPSA) is 15.3 Å². The summed E-state index contributed by atoms with van der Waals surface area (Å²) in [4.78, 5) is 2.48. The molecule has 0 aliphatic rings. The summed E-state index contributed by atoms with van der Waals surface area (Å²) in [5.74, 6) is -0.160. The molecule has 0 radical (unpaired) electrons.